The summed E-state index contributed by atoms with van der Waals surface area (Å²) in [6.07, 6.45) is 0. The Kier molecular flexibility index (Phi) is 1.43. The lowest BCUT2D eigenvalue weighted by Crippen LogP contribution is -1.80. The zero-order valence-corrected chi connectivity index (χ0v) is 6.84. The molecule has 0 spiro atoms. The van der Waals surface area contributed by atoms with Gasteiger partial charge >= 0.3 is 0 Å². The molecule has 1 aliphatic heterocycles. The highest BCUT2D eigenvalue weighted by atomic mass is 35.5. The minimum atomic E-state index is -0.273. The molecule has 1 aliphatic rings. The average molecular weight is 167 g/mol. The van der Waals surface area contributed by atoms with Crippen molar-refractivity contribution >= 4 is 17.3 Å². The van der Waals surface area contributed by atoms with Gasteiger partial charge in [-0.3, -0.25) is 0 Å². The molecule has 0 unspecified atom stereocenters. The molecule has 0 fully saturated rings. The zero-order valence-electron chi connectivity index (χ0n) is 6.08. The number of hydrogen-bond donors (Lipinski definition) is 0. The van der Waals surface area contributed by atoms with Crippen molar-refractivity contribution < 1.29 is 0 Å². The molecular weight excluding hydrogens is 160 g/mol. The molecule has 1 atom stereocenters. The molecule has 3 heteroatoms. The van der Waals surface area contributed by atoms with Gasteiger partial charge in [-0.25, -0.2) is 0 Å². The smallest absolute Gasteiger partial charge is 0.164 e. The Morgan fingerprint density at radius 2 is 2.27 bits per heavy atom. The van der Waals surface area contributed by atoms with Crippen LogP contribution in [-0.2, 0) is 0 Å². The lowest BCUT2D eigenvalue weighted by molar-refractivity contribution is 0.995. The fourth-order valence-electron chi connectivity index (χ4n) is 1.12. The highest BCUT2D eigenvalue weighted by Gasteiger charge is 2.16. The van der Waals surface area contributed by atoms with E-state index in [1.165, 1.54) is 5.56 Å². The van der Waals surface area contributed by atoms with Gasteiger partial charge in [-0.15, -0.1) is 0 Å². The number of benzene rings is 1. The van der Waals surface area contributed by atoms with E-state index in [0.29, 0.717) is 0 Å². The number of rotatable bonds is 0. The van der Waals surface area contributed by atoms with Gasteiger partial charge in [-0.1, -0.05) is 23.7 Å². The maximum Gasteiger partial charge on any atom is 0.172 e. The third-order valence-corrected chi connectivity index (χ3v) is 2.03. The van der Waals surface area contributed by atoms with Gasteiger partial charge in [0.2, 0.25) is 0 Å². The Labute approximate surface area is 69.9 Å². The summed E-state index contributed by atoms with van der Waals surface area (Å²) in [7, 11) is 0. The highest BCUT2D eigenvalue weighted by Crippen LogP contribution is 2.38. The van der Waals surface area contributed by atoms with Crippen LogP contribution >= 0.6 is 11.6 Å². The van der Waals surface area contributed by atoms with Gasteiger partial charge in [-0.2, -0.15) is 10.2 Å². The van der Waals surface area contributed by atoms with Crippen molar-refractivity contribution in [1.29, 1.82) is 0 Å². The molecule has 0 aromatic heterocycles. The van der Waals surface area contributed by atoms with Crippen molar-refractivity contribution in [3.8, 4) is 0 Å². The van der Waals surface area contributed by atoms with E-state index in [9.17, 15) is 0 Å². The van der Waals surface area contributed by atoms with Crippen molar-refractivity contribution in [3.63, 3.8) is 0 Å². The molecule has 0 amide bonds. The lowest BCUT2D eigenvalue weighted by atomic mass is 10.1. The van der Waals surface area contributed by atoms with E-state index in [4.69, 9.17) is 11.6 Å². The normalized spacial score (nSPS) is 20.4. The summed E-state index contributed by atoms with van der Waals surface area (Å²) in [4.78, 5) is 0. The van der Waals surface area contributed by atoms with Crippen LogP contribution in [0.4, 0.5) is 5.69 Å². The van der Waals surface area contributed by atoms with Crippen LogP contribution in [0.1, 0.15) is 16.6 Å². The Morgan fingerprint density at radius 1 is 1.45 bits per heavy atom. The minimum Gasteiger partial charge on any atom is -0.164 e. The predicted octanol–water partition coefficient (Wildman–Crippen LogP) is 3.33. The number of halogens is 1. The van der Waals surface area contributed by atoms with E-state index in [2.05, 4.69) is 10.2 Å². The zero-order chi connectivity index (χ0) is 7.84. The molecule has 1 heterocycles. The van der Waals surface area contributed by atoms with Crippen molar-refractivity contribution in [3.05, 3.63) is 29.3 Å². The Balaban J connectivity index is 2.58. The molecule has 0 radical (unpaired) electrons. The van der Waals surface area contributed by atoms with E-state index in [1.807, 2.05) is 25.1 Å². The molecule has 2 rings (SSSR count). The summed E-state index contributed by atoms with van der Waals surface area (Å²) >= 11 is 5.83. The Morgan fingerprint density at radius 3 is 3.09 bits per heavy atom. The van der Waals surface area contributed by atoms with Gasteiger partial charge in [0.05, 0.1) is 5.69 Å². The Bertz CT molecular complexity index is 320. The third kappa shape index (κ3) is 1.03. The molecule has 0 saturated heterocycles. The van der Waals surface area contributed by atoms with E-state index in [1.54, 1.807) is 0 Å². The first kappa shape index (κ1) is 6.80. The largest absolute Gasteiger partial charge is 0.172 e. The van der Waals surface area contributed by atoms with Crippen LogP contribution in [0.15, 0.2) is 28.4 Å². The van der Waals surface area contributed by atoms with Crippen LogP contribution in [-0.4, -0.2) is 0 Å². The van der Waals surface area contributed by atoms with E-state index >= 15 is 0 Å². The fraction of sp³-hybridized carbons (Fsp3) is 0.250. The van der Waals surface area contributed by atoms with Gasteiger partial charge in [0.15, 0.2) is 5.50 Å². The van der Waals surface area contributed by atoms with E-state index < -0.39 is 0 Å². The van der Waals surface area contributed by atoms with Crippen LogP contribution < -0.4 is 0 Å². The molecule has 11 heavy (non-hydrogen) atoms. The maximum atomic E-state index is 5.83. The summed E-state index contributed by atoms with van der Waals surface area (Å²) < 4.78 is 0. The van der Waals surface area contributed by atoms with Gasteiger partial charge in [0, 0.05) is 5.56 Å². The minimum absolute atomic E-state index is 0.273. The van der Waals surface area contributed by atoms with Crippen LogP contribution in [0.3, 0.4) is 0 Å². The van der Waals surface area contributed by atoms with Crippen LogP contribution in [0.5, 0.6) is 0 Å². The third-order valence-electron chi connectivity index (χ3n) is 1.71. The summed E-state index contributed by atoms with van der Waals surface area (Å²) in [6.45, 7) is 2.03. The average Bonchev–Trinajstić information content (AvgIpc) is 2.32. The van der Waals surface area contributed by atoms with Crippen LogP contribution in [0, 0.1) is 6.92 Å². The standard InChI is InChI=1S/C8H7ClN2/c1-5-2-3-6-7(4-5)10-11-8(6)9/h2-4,8H,1H3/t8-/m1/s1. The van der Waals surface area contributed by atoms with Crippen LogP contribution in [0.2, 0.25) is 0 Å². The number of nitrogens with zero attached hydrogens (tertiary/aromatic N) is 2. The first-order valence-corrected chi connectivity index (χ1v) is 3.86. The predicted molar refractivity (Wildman–Crippen MR) is 44.3 cm³/mol. The summed E-state index contributed by atoms with van der Waals surface area (Å²) in [5.74, 6) is 0. The topological polar surface area (TPSA) is 24.7 Å². The first-order valence-electron chi connectivity index (χ1n) is 3.43. The highest BCUT2D eigenvalue weighted by molar-refractivity contribution is 6.21. The first-order chi connectivity index (χ1) is 5.27. The number of alkyl halides is 1. The fourth-order valence-corrected chi connectivity index (χ4v) is 1.35. The molecule has 56 valence electrons. The number of hydrogen-bond acceptors (Lipinski definition) is 2. The summed E-state index contributed by atoms with van der Waals surface area (Å²) in [5.41, 5.74) is 2.83. The quantitative estimate of drug-likeness (QED) is 0.417. The molecule has 1 aromatic carbocycles. The molecule has 0 N–H and O–H groups in total. The summed E-state index contributed by atoms with van der Waals surface area (Å²) in [5, 5.41) is 7.77. The SMILES string of the molecule is Cc1ccc2c(c1)N=N[C@H]2Cl. The Hall–Kier alpha value is -0.890. The van der Waals surface area contributed by atoms with Crippen molar-refractivity contribution in [2.24, 2.45) is 10.2 Å². The maximum absolute atomic E-state index is 5.83. The molecule has 2 nitrogen and oxygen atoms in total. The van der Waals surface area contributed by atoms with Crippen molar-refractivity contribution in [2.75, 3.05) is 0 Å². The number of fused-ring (bicyclic) bond motifs is 1. The van der Waals surface area contributed by atoms with Gasteiger partial charge in [0.25, 0.3) is 0 Å². The number of azo groups is 1. The van der Waals surface area contributed by atoms with Crippen molar-refractivity contribution in [2.45, 2.75) is 12.4 Å². The second kappa shape index (κ2) is 2.31. The number of aryl methyl sites for hydroxylation is 1. The van der Waals surface area contributed by atoms with Gasteiger partial charge < -0.3 is 0 Å². The van der Waals surface area contributed by atoms with Crippen molar-refractivity contribution in [1.82, 2.24) is 0 Å². The summed E-state index contributed by atoms with van der Waals surface area (Å²) in [6, 6.07) is 5.98. The second-order valence-corrected chi connectivity index (χ2v) is 3.03. The molecule has 0 bridgehead atoms. The van der Waals surface area contributed by atoms with E-state index in [0.717, 1.165) is 11.3 Å². The van der Waals surface area contributed by atoms with Gasteiger partial charge in [-0.05, 0) is 18.6 Å². The van der Waals surface area contributed by atoms with Crippen LogP contribution in [0.25, 0.3) is 0 Å². The second-order valence-electron chi connectivity index (χ2n) is 2.61. The van der Waals surface area contributed by atoms with Gasteiger partial charge in [0.1, 0.15) is 0 Å². The molecule has 0 saturated carbocycles. The molecular formula is C8H7ClN2. The lowest BCUT2D eigenvalue weighted by Gasteiger charge is -1.98. The van der Waals surface area contributed by atoms with E-state index in [-0.39, 0.29) is 5.50 Å². The monoisotopic (exact) mass is 166 g/mol. The molecule has 0 aliphatic carbocycles. The molecule has 1 aromatic rings.